The van der Waals surface area contributed by atoms with Gasteiger partial charge in [-0.05, 0) is 60.1 Å². The van der Waals surface area contributed by atoms with Gasteiger partial charge in [-0.15, -0.1) is 0 Å². The molecule has 0 aromatic carbocycles. The number of hydrogen-bond acceptors (Lipinski definition) is 5. The topological polar surface area (TPSA) is 80.8 Å². The molecule has 2 rings (SSSR count). The molecule has 1 aromatic heterocycles. The van der Waals surface area contributed by atoms with Crippen LogP contribution in [0.15, 0.2) is 24.4 Å². The van der Waals surface area contributed by atoms with E-state index in [9.17, 15) is 9.59 Å². The van der Waals surface area contributed by atoms with E-state index in [4.69, 9.17) is 9.47 Å². The Balaban J connectivity index is 2.22. The minimum absolute atomic E-state index is 0.276. The van der Waals surface area contributed by atoms with Crippen LogP contribution in [0.4, 0.5) is 9.59 Å². The Hall–Kier alpha value is -2.31. The highest BCUT2D eigenvalue weighted by Gasteiger charge is 2.45. The number of nitrogens with one attached hydrogen (secondary N) is 1. The van der Waals surface area contributed by atoms with Gasteiger partial charge < -0.3 is 19.7 Å². The van der Waals surface area contributed by atoms with Crippen molar-refractivity contribution in [2.24, 2.45) is 0 Å². The number of aromatic nitrogens is 1. The molecule has 0 bridgehead atoms. The SMILES string of the molecule is CC(C)(C)OC(=O)NC1(c2ccccn2)CCN(C(=O)OC(C)(C)C)C1. The van der Waals surface area contributed by atoms with E-state index in [2.05, 4.69) is 10.3 Å². The molecule has 0 radical (unpaired) electrons. The van der Waals surface area contributed by atoms with Gasteiger partial charge in [-0.25, -0.2) is 9.59 Å². The van der Waals surface area contributed by atoms with Gasteiger partial charge in [0.05, 0.1) is 12.2 Å². The van der Waals surface area contributed by atoms with E-state index in [1.165, 1.54) is 0 Å². The number of nitrogens with zero attached hydrogens (tertiary/aromatic N) is 2. The first-order valence-corrected chi connectivity index (χ1v) is 8.81. The number of likely N-dealkylation sites (tertiary alicyclic amines) is 1. The number of pyridine rings is 1. The molecule has 7 nitrogen and oxygen atoms in total. The Morgan fingerprint density at radius 1 is 1.12 bits per heavy atom. The maximum absolute atomic E-state index is 12.4. The predicted octanol–water partition coefficient (Wildman–Crippen LogP) is 3.44. The Morgan fingerprint density at radius 2 is 1.77 bits per heavy atom. The molecule has 1 aliphatic heterocycles. The van der Waals surface area contributed by atoms with E-state index in [0.717, 1.165) is 0 Å². The molecule has 1 unspecified atom stereocenters. The second-order valence-electron chi connectivity index (χ2n) is 8.58. The molecular formula is C19H29N3O4. The molecule has 1 fully saturated rings. The second-order valence-corrected chi connectivity index (χ2v) is 8.58. The number of hydrogen-bond donors (Lipinski definition) is 1. The predicted molar refractivity (Wildman–Crippen MR) is 97.7 cm³/mol. The number of rotatable bonds is 2. The average molecular weight is 363 g/mol. The van der Waals surface area contributed by atoms with Gasteiger partial charge in [0.2, 0.25) is 0 Å². The van der Waals surface area contributed by atoms with Crippen LogP contribution < -0.4 is 5.32 Å². The minimum Gasteiger partial charge on any atom is -0.444 e. The highest BCUT2D eigenvalue weighted by molar-refractivity contribution is 5.71. The summed E-state index contributed by atoms with van der Waals surface area (Å²) in [5.41, 5.74) is -1.30. The van der Waals surface area contributed by atoms with Gasteiger partial charge in [0, 0.05) is 12.7 Å². The van der Waals surface area contributed by atoms with E-state index in [1.807, 2.05) is 59.7 Å². The van der Waals surface area contributed by atoms with Crippen molar-refractivity contribution < 1.29 is 19.1 Å². The third kappa shape index (κ3) is 5.34. The fraction of sp³-hybridized carbons (Fsp3) is 0.632. The molecule has 1 N–H and O–H groups in total. The van der Waals surface area contributed by atoms with Crippen LogP contribution in [0, 0.1) is 0 Å². The largest absolute Gasteiger partial charge is 0.444 e. The number of carbonyl (C=O) groups excluding carboxylic acids is 2. The van der Waals surface area contributed by atoms with Gasteiger partial charge in [0.15, 0.2) is 0 Å². The molecule has 0 saturated carbocycles. The fourth-order valence-corrected chi connectivity index (χ4v) is 2.81. The highest BCUT2D eigenvalue weighted by Crippen LogP contribution is 2.32. The Morgan fingerprint density at radius 3 is 2.31 bits per heavy atom. The first-order chi connectivity index (χ1) is 11.9. The van der Waals surface area contributed by atoms with Crippen molar-refractivity contribution in [3.8, 4) is 0 Å². The summed E-state index contributed by atoms with van der Waals surface area (Å²) in [5.74, 6) is 0. The number of amides is 2. The van der Waals surface area contributed by atoms with Crippen LogP contribution >= 0.6 is 0 Å². The molecule has 7 heteroatoms. The van der Waals surface area contributed by atoms with E-state index < -0.39 is 28.9 Å². The maximum atomic E-state index is 12.4. The van der Waals surface area contributed by atoms with E-state index in [0.29, 0.717) is 18.7 Å². The van der Waals surface area contributed by atoms with Gasteiger partial charge in [0.25, 0.3) is 0 Å². The monoisotopic (exact) mass is 363 g/mol. The van der Waals surface area contributed by atoms with Gasteiger partial charge in [-0.2, -0.15) is 0 Å². The molecule has 1 aromatic rings. The molecule has 1 atom stereocenters. The highest BCUT2D eigenvalue weighted by atomic mass is 16.6. The maximum Gasteiger partial charge on any atom is 0.410 e. The Kier molecular flexibility index (Phi) is 5.49. The van der Waals surface area contributed by atoms with Crippen molar-refractivity contribution in [2.45, 2.75) is 64.7 Å². The van der Waals surface area contributed by atoms with Crippen LogP contribution in [0.25, 0.3) is 0 Å². The lowest BCUT2D eigenvalue weighted by molar-refractivity contribution is 0.0259. The van der Waals surface area contributed by atoms with Crippen LogP contribution in [0.1, 0.15) is 53.7 Å². The first kappa shape index (κ1) is 20.0. The second kappa shape index (κ2) is 7.13. The van der Waals surface area contributed by atoms with Gasteiger partial charge in [-0.3, -0.25) is 4.98 Å². The molecule has 2 amide bonds. The van der Waals surface area contributed by atoms with Crippen LogP contribution in [-0.2, 0) is 15.0 Å². The molecule has 2 heterocycles. The lowest BCUT2D eigenvalue weighted by Crippen LogP contribution is -2.50. The molecule has 0 spiro atoms. The van der Waals surface area contributed by atoms with Crippen molar-refractivity contribution in [2.75, 3.05) is 13.1 Å². The summed E-state index contributed by atoms with van der Waals surface area (Å²) < 4.78 is 10.9. The van der Waals surface area contributed by atoms with Crippen LogP contribution in [0.2, 0.25) is 0 Å². The van der Waals surface area contributed by atoms with Crippen LogP contribution in [0.3, 0.4) is 0 Å². The van der Waals surface area contributed by atoms with Gasteiger partial charge in [-0.1, -0.05) is 6.07 Å². The zero-order valence-corrected chi connectivity index (χ0v) is 16.5. The zero-order valence-electron chi connectivity index (χ0n) is 16.5. The van der Waals surface area contributed by atoms with E-state index in [-0.39, 0.29) is 6.54 Å². The van der Waals surface area contributed by atoms with Crippen molar-refractivity contribution in [3.05, 3.63) is 30.1 Å². The molecule has 26 heavy (non-hydrogen) atoms. The van der Waals surface area contributed by atoms with E-state index in [1.54, 1.807) is 11.1 Å². The molecule has 1 saturated heterocycles. The van der Waals surface area contributed by atoms with Crippen molar-refractivity contribution in [1.29, 1.82) is 0 Å². The number of carbonyl (C=O) groups is 2. The van der Waals surface area contributed by atoms with Crippen LogP contribution in [-0.4, -0.2) is 46.4 Å². The summed E-state index contributed by atoms with van der Waals surface area (Å²) in [5, 5.41) is 2.94. The van der Waals surface area contributed by atoms with Gasteiger partial charge in [0.1, 0.15) is 16.7 Å². The van der Waals surface area contributed by atoms with Crippen LogP contribution in [0.5, 0.6) is 0 Å². The van der Waals surface area contributed by atoms with Crippen molar-refractivity contribution in [3.63, 3.8) is 0 Å². The number of alkyl carbamates (subject to hydrolysis) is 1. The fourth-order valence-electron chi connectivity index (χ4n) is 2.81. The molecule has 144 valence electrons. The lowest BCUT2D eigenvalue weighted by Gasteiger charge is -2.32. The molecular weight excluding hydrogens is 334 g/mol. The molecule has 1 aliphatic rings. The summed E-state index contributed by atoms with van der Waals surface area (Å²) in [6, 6.07) is 5.51. The standard InChI is InChI=1S/C19H29N3O4/c1-17(2,3)25-15(23)21-19(14-9-7-8-11-20-14)10-12-22(13-19)16(24)26-18(4,5)6/h7-9,11H,10,12-13H2,1-6H3,(H,21,23). The summed E-state index contributed by atoms with van der Waals surface area (Å²) in [6.45, 7) is 11.6. The summed E-state index contributed by atoms with van der Waals surface area (Å²) in [6.07, 6.45) is 1.27. The Labute approximate surface area is 155 Å². The van der Waals surface area contributed by atoms with E-state index >= 15 is 0 Å². The number of ether oxygens (including phenoxy) is 2. The third-order valence-corrected chi connectivity index (χ3v) is 3.82. The first-order valence-electron chi connectivity index (χ1n) is 8.81. The quantitative estimate of drug-likeness (QED) is 0.870. The Bertz CT molecular complexity index is 649. The third-order valence-electron chi connectivity index (χ3n) is 3.82. The lowest BCUT2D eigenvalue weighted by atomic mass is 9.93. The normalized spacial score (nSPS) is 20.6. The van der Waals surface area contributed by atoms with Crippen molar-refractivity contribution >= 4 is 12.2 Å². The minimum atomic E-state index is -0.805. The molecule has 0 aliphatic carbocycles. The zero-order chi connectivity index (χ0) is 19.6. The smallest absolute Gasteiger partial charge is 0.410 e. The van der Waals surface area contributed by atoms with Gasteiger partial charge >= 0.3 is 12.2 Å². The summed E-state index contributed by atoms with van der Waals surface area (Å²) >= 11 is 0. The summed E-state index contributed by atoms with van der Waals surface area (Å²) in [7, 11) is 0. The summed E-state index contributed by atoms with van der Waals surface area (Å²) in [4.78, 5) is 30.8. The van der Waals surface area contributed by atoms with Crippen molar-refractivity contribution in [1.82, 2.24) is 15.2 Å². The average Bonchev–Trinajstić information content (AvgIpc) is 2.90.